The van der Waals surface area contributed by atoms with E-state index in [0.29, 0.717) is 6.61 Å². The molecule has 3 rings (SSSR count). The number of benzene rings is 2. The number of aryl methyl sites for hydroxylation is 4. The number of methoxy groups -OCH3 is 1. The summed E-state index contributed by atoms with van der Waals surface area (Å²) in [6, 6.07) is 11.9. The maximum absolute atomic E-state index is 13.8. The lowest BCUT2D eigenvalue weighted by Crippen LogP contribution is -2.44. The van der Waals surface area contributed by atoms with Crippen LogP contribution in [-0.2, 0) is 29.3 Å². The average Bonchev–Trinajstić information content (AvgIpc) is 3.03. The average molecular weight is 413 g/mol. The Morgan fingerprint density at radius 2 is 1.47 bits per heavy atom. The molecule has 2 aromatic rings. The third kappa shape index (κ3) is 4.02. The summed E-state index contributed by atoms with van der Waals surface area (Å²) in [6.07, 6.45) is -0.311. The molecule has 30 heavy (non-hydrogen) atoms. The Kier molecular flexibility index (Phi) is 6.37. The molecule has 0 saturated carbocycles. The van der Waals surface area contributed by atoms with E-state index < -0.39 is 17.4 Å². The number of carbonyl (C=O) groups is 1. The predicted octanol–water partition coefficient (Wildman–Crippen LogP) is 4.50. The quantitative estimate of drug-likeness (QED) is 0.654. The van der Waals surface area contributed by atoms with Crippen molar-refractivity contribution in [2.75, 3.05) is 20.3 Å². The first-order valence-electron chi connectivity index (χ1n) is 10.3. The van der Waals surface area contributed by atoms with Crippen molar-refractivity contribution in [1.29, 1.82) is 0 Å². The molecule has 0 bridgehead atoms. The van der Waals surface area contributed by atoms with E-state index in [4.69, 9.17) is 18.9 Å². The maximum Gasteiger partial charge on any atom is 0.348 e. The number of carbonyl (C=O) groups excluding carboxylic acids is 1. The molecule has 0 aromatic heterocycles. The Morgan fingerprint density at radius 1 is 1.00 bits per heavy atom. The van der Waals surface area contributed by atoms with E-state index in [2.05, 4.69) is 0 Å². The van der Waals surface area contributed by atoms with Gasteiger partial charge in [-0.2, -0.15) is 0 Å². The van der Waals surface area contributed by atoms with Gasteiger partial charge in [-0.3, -0.25) is 0 Å². The van der Waals surface area contributed by atoms with Crippen molar-refractivity contribution < 1.29 is 23.7 Å². The van der Waals surface area contributed by atoms with Crippen LogP contribution in [0.2, 0.25) is 0 Å². The van der Waals surface area contributed by atoms with Gasteiger partial charge in [0.1, 0.15) is 12.7 Å². The molecule has 1 aliphatic rings. The van der Waals surface area contributed by atoms with E-state index in [9.17, 15) is 4.79 Å². The zero-order valence-electron chi connectivity index (χ0n) is 19.0. The van der Waals surface area contributed by atoms with Crippen molar-refractivity contribution in [3.63, 3.8) is 0 Å². The Labute approximate surface area is 179 Å². The third-order valence-corrected chi connectivity index (χ3v) is 5.73. The summed E-state index contributed by atoms with van der Waals surface area (Å²) in [5.41, 5.74) is 4.14. The minimum absolute atomic E-state index is 0.100. The first kappa shape index (κ1) is 22.5. The first-order chi connectivity index (χ1) is 14.1. The van der Waals surface area contributed by atoms with Crippen LogP contribution in [0.4, 0.5) is 0 Å². The van der Waals surface area contributed by atoms with E-state index in [1.807, 2.05) is 77.9 Å². The second-order valence-corrected chi connectivity index (χ2v) is 8.47. The molecule has 162 valence electrons. The second-order valence-electron chi connectivity index (χ2n) is 8.47. The van der Waals surface area contributed by atoms with Gasteiger partial charge in [0.15, 0.2) is 5.79 Å². The molecule has 1 unspecified atom stereocenters. The Balaban J connectivity index is 2.09. The predicted molar refractivity (Wildman–Crippen MR) is 115 cm³/mol. The molecule has 1 aliphatic heterocycles. The molecule has 5 heteroatoms. The van der Waals surface area contributed by atoms with Gasteiger partial charge in [-0.15, -0.1) is 0 Å². The summed E-state index contributed by atoms with van der Waals surface area (Å²) < 4.78 is 23.3. The van der Waals surface area contributed by atoms with Crippen LogP contribution in [0, 0.1) is 27.7 Å². The number of hydrogen-bond donors (Lipinski definition) is 0. The van der Waals surface area contributed by atoms with Crippen molar-refractivity contribution >= 4 is 5.97 Å². The number of hydrogen-bond acceptors (Lipinski definition) is 5. The van der Waals surface area contributed by atoms with Crippen molar-refractivity contribution in [2.45, 2.75) is 59.0 Å². The number of esters is 1. The van der Waals surface area contributed by atoms with Gasteiger partial charge in [0.2, 0.25) is 5.60 Å². The van der Waals surface area contributed by atoms with Gasteiger partial charge in [0, 0.05) is 18.2 Å². The normalized spacial score (nSPS) is 18.4. The zero-order valence-corrected chi connectivity index (χ0v) is 19.0. The van der Waals surface area contributed by atoms with E-state index in [-0.39, 0.29) is 12.7 Å². The Hall–Kier alpha value is -2.21. The highest BCUT2D eigenvalue weighted by Gasteiger charge is 2.48. The molecule has 1 saturated heterocycles. The van der Waals surface area contributed by atoms with Crippen LogP contribution >= 0.6 is 0 Å². The molecule has 0 N–H and O–H groups in total. The number of rotatable bonds is 6. The van der Waals surface area contributed by atoms with Crippen LogP contribution in [0.5, 0.6) is 0 Å². The highest BCUT2D eigenvalue weighted by molar-refractivity contribution is 5.88. The largest absolute Gasteiger partial charge is 0.460 e. The van der Waals surface area contributed by atoms with E-state index in [1.165, 1.54) is 0 Å². The van der Waals surface area contributed by atoms with Gasteiger partial charge < -0.3 is 18.9 Å². The minimum Gasteiger partial charge on any atom is -0.460 e. The van der Waals surface area contributed by atoms with Crippen LogP contribution in [0.25, 0.3) is 0 Å². The van der Waals surface area contributed by atoms with E-state index in [0.717, 1.165) is 33.4 Å². The van der Waals surface area contributed by atoms with Crippen molar-refractivity contribution in [1.82, 2.24) is 0 Å². The molecule has 1 heterocycles. The van der Waals surface area contributed by atoms with Gasteiger partial charge in [0.05, 0.1) is 6.61 Å². The fraction of sp³-hybridized carbons (Fsp3) is 0.480. The molecule has 0 radical (unpaired) electrons. The lowest BCUT2D eigenvalue weighted by molar-refractivity contribution is -0.174. The highest BCUT2D eigenvalue weighted by Crippen LogP contribution is 2.41. The second kappa shape index (κ2) is 8.50. The summed E-state index contributed by atoms with van der Waals surface area (Å²) in [6.45, 7) is 12.2. The van der Waals surface area contributed by atoms with Crippen molar-refractivity contribution in [3.05, 3.63) is 69.8 Å². The van der Waals surface area contributed by atoms with Crippen LogP contribution in [0.15, 0.2) is 36.4 Å². The molecule has 1 fully saturated rings. The van der Waals surface area contributed by atoms with Gasteiger partial charge in [-0.25, -0.2) is 4.79 Å². The van der Waals surface area contributed by atoms with Gasteiger partial charge in [-0.1, -0.05) is 36.4 Å². The van der Waals surface area contributed by atoms with Gasteiger partial charge in [-0.05, 0) is 63.8 Å². The monoisotopic (exact) mass is 412 g/mol. The first-order valence-corrected chi connectivity index (χ1v) is 10.3. The molecule has 0 spiro atoms. The van der Waals surface area contributed by atoms with Crippen molar-refractivity contribution in [3.8, 4) is 0 Å². The Bertz CT molecular complexity index is 839. The molecule has 5 nitrogen and oxygen atoms in total. The summed E-state index contributed by atoms with van der Waals surface area (Å²) in [5.74, 6) is -1.12. The fourth-order valence-corrected chi connectivity index (χ4v) is 4.47. The SMILES string of the molecule is COC(C(=O)OCC1COC(C)(C)O1)(c1c(C)cccc1C)c1c(C)cccc1C. The van der Waals surface area contributed by atoms with E-state index >= 15 is 0 Å². The summed E-state index contributed by atoms with van der Waals surface area (Å²) in [5, 5.41) is 0. The maximum atomic E-state index is 13.8. The molecular formula is C25H32O5. The smallest absolute Gasteiger partial charge is 0.348 e. The molecule has 0 amide bonds. The Morgan fingerprint density at radius 3 is 1.83 bits per heavy atom. The summed E-state index contributed by atoms with van der Waals surface area (Å²) in [7, 11) is 1.57. The topological polar surface area (TPSA) is 54.0 Å². The van der Waals surface area contributed by atoms with Crippen molar-refractivity contribution in [2.24, 2.45) is 0 Å². The third-order valence-electron chi connectivity index (χ3n) is 5.73. The lowest BCUT2D eigenvalue weighted by Gasteiger charge is -2.36. The van der Waals surface area contributed by atoms with Gasteiger partial charge in [0.25, 0.3) is 0 Å². The molecule has 0 aliphatic carbocycles. The van der Waals surface area contributed by atoms with Crippen LogP contribution in [-0.4, -0.2) is 38.2 Å². The molecular weight excluding hydrogens is 380 g/mol. The molecule has 1 atom stereocenters. The van der Waals surface area contributed by atoms with Crippen LogP contribution < -0.4 is 0 Å². The fourth-order valence-electron chi connectivity index (χ4n) is 4.47. The summed E-state index contributed by atoms with van der Waals surface area (Å²) >= 11 is 0. The highest BCUT2D eigenvalue weighted by atomic mass is 16.7. The zero-order chi connectivity index (χ0) is 22.1. The number of ether oxygens (including phenoxy) is 4. The van der Waals surface area contributed by atoms with Gasteiger partial charge >= 0.3 is 5.97 Å². The van der Waals surface area contributed by atoms with E-state index in [1.54, 1.807) is 7.11 Å². The lowest BCUT2D eigenvalue weighted by atomic mass is 9.77. The van der Waals surface area contributed by atoms with Crippen LogP contribution in [0.1, 0.15) is 47.2 Å². The summed E-state index contributed by atoms with van der Waals surface area (Å²) in [4.78, 5) is 13.8. The van der Waals surface area contributed by atoms with Crippen LogP contribution in [0.3, 0.4) is 0 Å². The molecule has 2 aromatic carbocycles. The minimum atomic E-state index is -1.38. The standard InChI is InChI=1S/C25H32O5/c1-16-10-8-11-17(2)21(16)25(27-7,22-18(3)12-9-13-19(22)4)23(26)28-14-20-15-29-24(5,6)30-20/h8-13,20H,14-15H2,1-7H3.